The highest BCUT2D eigenvalue weighted by Crippen LogP contribution is 2.33. The molecule has 0 saturated carbocycles. The normalized spacial score (nSPS) is 27.2. The lowest BCUT2D eigenvalue weighted by molar-refractivity contribution is -0.132. The van der Waals surface area contributed by atoms with Crippen LogP contribution in [0.4, 0.5) is 4.79 Å². The van der Waals surface area contributed by atoms with Crippen LogP contribution in [-0.4, -0.2) is 22.9 Å². The zero-order valence-electron chi connectivity index (χ0n) is 14.0. The molecular formula is C15H19NO3. The Labute approximate surface area is 117 Å². The summed E-state index contributed by atoms with van der Waals surface area (Å²) < 4.78 is 27.7. The number of hydrogen-bond acceptors (Lipinski definition) is 3. The Morgan fingerprint density at radius 2 is 2.16 bits per heavy atom. The van der Waals surface area contributed by atoms with Crippen LogP contribution in [0.2, 0.25) is 0 Å². The number of cyclic esters (lactones) is 1. The average Bonchev–Trinajstić information content (AvgIpc) is 2.74. The number of nitrogens with zero attached hydrogens (tertiary/aromatic N) is 1. The number of ether oxygens (including phenoxy) is 1. The number of benzene rings is 1. The third kappa shape index (κ3) is 2.48. The van der Waals surface area contributed by atoms with E-state index in [1.165, 1.54) is 0 Å². The van der Waals surface area contributed by atoms with E-state index in [1.54, 1.807) is 13.8 Å². The fraction of sp³-hybridized carbons (Fsp3) is 0.467. The lowest BCUT2D eigenvalue weighted by Crippen LogP contribution is -2.40. The van der Waals surface area contributed by atoms with E-state index in [0.717, 1.165) is 10.5 Å². The van der Waals surface area contributed by atoms with Gasteiger partial charge in [0.1, 0.15) is 6.10 Å². The van der Waals surface area contributed by atoms with Crippen molar-refractivity contribution in [2.75, 3.05) is 0 Å². The Morgan fingerprint density at radius 3 is 2.74 bits per heavy atom. The Bertz CT molecular complexity index is 559. The molecule has 1 fully saturated rings. The summed E-state index contributed by atoms with van der Waals surface area (Å²) in [5, 5.41) is 0. The van der Waals surface area contributed by atoms with Crippen molar-refractivity contribution in [1.82, 2.24) is 4.90 Å². The molecular weight excluding hydrogens is 242 g/mol. The second kappa shape index (κ2) is 5.43. The van der Waals surface area contributed by atoms with Crippen molar-refractivity contribution < 1.29 is 18.4 Å². The molecule has 19 heavy (non-hydrogen) atoms. The summed E-state index contributed by atoms with van der Waals surface area (Å²) in [6, 6.07) is 8.55. The second-order valence-corrected chi connectivity index (χ2v) is 4.62. The molecule has 1 aromatic carbocycles. The van der Waals surface area contributed by atoms with Gasteiger partial charge in [0.2, 0.25) is 5.91 Å². The molecule has 1 heterocycles. The maximum Gasteiger partial charge on any atom is 0.417 e. The lowest BCUT2D eigenvalue weighted by atomic mass is 10.0. The first-order chi connectivity index (χ1) is 10.3. The van der Waals surface area contributed by atoms with Gasteiger partial charge in [0.25, 0.3) is 0 Å². The van der Waals surface area contributed by atoms with Crippen molar-refractivity contribution >= 4 is 12.0 Å². The van der Waals surface area contributed by atoms with Gasteiger partial charge in [0.15, 0.2) is 0 Å². The van der Waals surface area contributed by atoms with E-state index in [0.29, 0.717) is 0 Å². The van der Waals surface area contributed by atoms with E-state index < -0.39 is 36.9 Å². The standard InChI is InChI=1S/C15H19NO3/c1-4-10(2)14(17)16-11(3)13(19-15(16)18)12-8-6-5-7-9-12/h5-11,13H,4H2,1-3H3/t10-,11-,13-/m1/s1/i2D3. The molecule has 4 nitrogen and oxygen atoms in total. The minimum Gasteiger partial charge on any atom is -0.439 e. The van der Waals surface area contributed by atoms with Gasteiger partial charge >= 0.3 is 6.09 Å². The fourth-order valence-corrected chi connectivity index (χ4v) is 2.19. The molecule has 3 atom stereocenters. The van der Waals surface area contributed by atoms with Crippen LogP contribution in [0.25, 0.3) is 0 Å². The quantitative estimate of drug-likeness (QED) is 0.842. The van der Waals surface area contributed by atoms with Crippen LogP contribution in [0.15, 0.2) is 30.3 Å². The van der Waals surface area contributed by atoms with Crippen LogP contribution >= 0.6 is 0 Å². The Hall–Kier alpha value is -1.84. The van der Waals surface area contributed by atoms with Crippen molar-refractivity contribution in [2.24, 2.45) is 5.92 Å². The molecule has 1 aromatic rings. The number of carbonyl (C=O) groups excluding carboxylic acids is 2. The first kappa shape index (κ1) is 10.0. The van der Waals surface area contributed by atoms with Gasteiger partial charge in [-0.05, 0) is 18.9 Å². The van der Waals surface area contributed by atoms with E-state index in [-0.39, 0.29) is 6.42 Å². The number of hydrogen-bond donors (Lipinski definition) is 0. The van der Waals surface area contributed by atoms with Crippen molar-refractivity contribution in [3.8, 4) is 0 Å². The van der Waals surface area contributed by atoms with E-state index in [2.05, 4.69) is 0 Å². The third-order valence-electron chi connectivity index (χ3n) is 3.34. The molecule has 4 heteroatoms. The smallest absolute Gasteiger partial charge is 0.417 e. The number of carbonyl (C=O) groups is 2. The monoisotopic (exact) mass is 264 g/mol. The Kier molecular flexibility index (Phi) is 2.86. The predicted octanol–water partition coefficient (Wildman–Crippen LogP) is 3.14. The zero-order chi connectivity index (χ0) is 16.5. The molecule has 0 bridgehead atoms. The van der Waals surface area contributed by atoms with Crippen LogP contribution in [0.3, 0.4) is 0 Å². The third-order valence-corrected chi connectivity index (χ3v) is 3.34. The van der Waals surface area contributed by atoms with Gasteiger partial charge in [0.05, 0.1) is 6.04 Å². The molecule has 0 spiro atoms. The molecule has 0 radical (unpaired) electrons. The second-order valence-electron chi connectivity index (χ2n) is 4.62. The molecule has 1 aliphatic heterocycles. The summed E-state index contributed by atoms with van der Waals surface area (Å²) in [5.41, 5.74) is 0.778. The van der Waals surface area contributed by atoms with Gasteiger partial charge in [-0.1, -0.05) is 44.1 Å². The first-order valence-electron chi connectivity index (χ1n) is 7.86. The van der Waals surface area contributed by atoms with Gasteiger partial charge in [-0.2, -0.15) is 0 Å². The fourth-order valence-electron chi connectivity index (χ4n) is 2.19. The van der Waals surface area contributed by atoms with E-state index >= 15 is 0 Å². The van der Waals surface area contributed by atoms with Gasteiger partial charge < -0.3 is 4.74 Å². The van der Waals surface area contributed by atoms with Crippen LogP contribution in [0.1, 0.15) is 42.9 Å². The lowest BCUT2D eigenvalue weighted by Gasteiger charge is -2.21. The van der Waals surface area contributed by atoms with Crippen molar-refractivity contribution in [3.63, 3.8) is 0 Å². The molecule has 0 aliphatic carbocycles. The van der Waals surface area contributed by atoms with Crippen molar-refractivity contribution in [3.05, 3.63) is 35.9 Å². The van der Waals surface area contributed by atoms with E-state index in [9.17, 15) is 9.59 Å². The molecule has 102 valence electrons. The highest BCUT2D eigenvalue weighted by molar-refractivity contribution is 5.94. The minimum absolute atomic E-state index is 0.141. The summed E-state index contributed by atoms with van der Waals surface area (Å²) in [4.78, 5) is 25.5. The summed E-state index contributed by atoms with van der Waals surface area (Å²) in [6.45, 7) is 0.874. The highest BCUT2D eigenvalue weighted by atomic mass is 16.6. The molecule has 1 aliphatic rings. The van der Waals surface area contributed by atoms with Gasteiger partial charge in [0, 0.05) is 10.0 Å². The summed E-state index contributed by atoms with van der Waals surface area (Å²) >= 11 is 0. The largest absolute Gasteiger partial charge is 0.439 e. The summed E-state index contributed by atoms with van der Waals surface area (Å²) in [6.07, 6.45) is -1.22. The maximum atomic E-state index is 12.5. The van der Waals surface area contributed by atoms with Crippen LogP contribution in [0, 0.1) is 5.92 Å². The van der Waals surface area contributed by atoms with Gasteiger partial charge in [-0.3, -0.25) is 4.79 Å². The van der Waals surface area contributed by atoms with Crippen LogP contribution in [0.5, 0.6) is 0 Å². The van der Waals surface area contributed by atoms with Gasteiger partial charge in [-0.25, -0.2) is 9.69 Å². The van der Waals surface area contributed by atoms with E-state index in [4.69, 9.17) is 8.85 Å². The molecule has 1 saturated heterocycles. The first-order valence-corrected chi connectivity index (χ1v) is 6.36. The Balaban J connectivity index is 2.25. The maximum absolute atomic E-state index is 12.5. The predicted molar refractivity (Wildman–Crippen MR) is 71.4 cm³/mol. The zero-order valence-corrected chi connectivity index (χ0v) is 11.0. The SMILES string of the molecule is [2H]C([2H])([2H])[C@H](CC)C(=O)N1C(=O)O[C@@H](c2ccccc2)[C@H]1C. The van der Waals surface area contributed by atoms with Gasteiger partial charge in [-0.15, -0.1) is 0 Å². The minimum atomic E-state index is -2.43. The number of rotatable bonds is 3. The number of amides is 2. The highest BCUT2D eigenvalue weighted by Gasteiger charge is 2.44. The summed E-state index contributed by atoms with van der Waals surface area (Å²) in [7, 11) is 0. The molecule has 2 rings (SSSR count). The molecule has 0 unspecified atom stereocenters. The van der Waals surface area contributed by atoms with Crippen LogP contribution in [-0.2, 0) is 9.53 Å². The summed E-state index contributed by atoms with van der Waals surface area (Å²) in [5.74, 6) is -1.89. The average molecular weight is 264 g/mol. The van der Waals surface area contributed by atoms with Crippen molar-refractivity contribution in [1.29, 1.82) is 0 Å². The molecule has 0 N–H and O–H groups in total. The van der Waals surface area contributed by atoms with Crippen molar-refractivity contribution in [2.45, 2.75) is 39.3 Å². The number of imide groups is 1. The van der Waals surface area contributed by atoms with E-state index in [1.807, 2.05) is 30.3 Å². The molecule has 2 amide bonds. The van der Waals surface area contributed by atoms with Crippen LogP contribution < -0.4 is 0 Å². The molecule has 0 aromatic heterocycles. The Morgan fingerprint density at radius 1 is 1.47 bits per heavy atom. The topological polar surface area (TPSA) is 46.6 Å².